The van der Waals surface area contributed by atoms with Gasteiger partial charge in [0, 0.05) is 0 Å². The van der Waals surface area contributed by atoms with Gasteiger partial charge in [-0.05, 0) is 49.7 Å². The van der Waals surface area contributed by atoms with Crippen molar-refractivity contribution in [3.63, 3.8) is 0 Å². The summed E-state index contributed by atoms with van der Waals surface area (Å²) in [6, 6.07) is 7.76. The summed E-state index contributed by atoms with van der Waals surface area (Å²) in [5.74, 6) is -1.25. The molecule has 0 fully saturated rings. The van der Waals surface area contributed by atoms with Gasteiger partial charge in [0.05, 0.1) is 25.0 Å². The molecule has 0 aliphatic heterocycles. The maximum atomic E-state index is 13.5. The molecule has 0 unspecified atom stereocenters. The fraction of sp³-hybridized carbons (Fsp3) is 0.235. The lowest BCUT2D eigenvalue weighted by Gasteiger charge is -2.15. The van der Waals surface area contributed by atoms with Gasteiger partial charge in [0.1, 0.15) is 16.5 Å². The summed E-state index contributed by atoms with van der Waals surface area (Å²) in [6.45, 7) is 3.47. The van der Waals surface area contributed by atoms with Gasteiger partial charge in [-0.3, -0.25) is 4.72 Å². The Morgan fingerprint density at radius 2 is 1.96 bits per heavy atom. The van der Waals surface area contributed by atoms with Gasteiger partial charge in [-0.1, -0.05) is 6.07 Å². The van der Waals surface area contributed by atoms with Crippen LogP contribution in [0.5, 0.6) is 5.75 Å². The predicted molar refractivity (Wildman–Crippen MR) is 90.9 cm³/mol. The molecule has 1 N–H and O–H groups in total. The average Bonchev–Trinajstić information content (AvgIpc) is 2.56. The fourth-order valence-corrected chi connectivity index (χ4v) is 3.54. The van der Waals surface area contributed by atoms with Crippen molar-refractivity contribution in [3.05, 3.63) is 53.3 Å². The number of halogens is 1. The lowest BCUT2D eigenvalue weighted by molar-refractivity contribution is 0.0525. The van der Waals surface area contributed by atoms with E-state index in [-0.39, 0.29) is 28.5 Å². The number of ether oxygens (including phenoxy) is 2. The second-order valence-corrected chi connectivity index (χ2v) is 6.75. The van der Waals surface area contributed by atoms with Crippen LogP contribution in [-0.2, 0) is 14.8 Å². The number of rotatable bonds is 6. The van der Waals surface area contributed by atoms with E-state index in [1.807, 2.05) is 0 Å². The Morgan fingerprint density at radius 1 is 1.24 bits per heavy atom. The van der Waals surface area contributed by atoms with Crippen molar-refractivity contribution in [3.8, 4) is 5.75 Å². The molecule has 2 aromatic rings. The van der Waals surface area contributed by atoms with Crippen LogP contribution in [0.4, 0.5) is 10.1 Å². The highest BCUT2D eigenvalue weighted by Gasteiger charge is 2.22. The second kappa shape index (κ2) is 7.52. The van der Waals surface area contributed by atoms with Crippen LogP contribution in [0.2, 0.25) is 0 Å². The number of anilines is 1. The highest BCUT2D eigenvalue weighted by atomic mass is 32.2. The van der Waals surface area contributed by atoms with E-state index in [1.165, 1.54) is 31.4 Å². The molecule has 0 saturated heterocycles. The molecule has 0 atom stereocenters. The molecule has 6 nitrogen and oxygen atoms in total. The highest BCUT2D eigenvalue weighted by molar-refractivity contribution is 7.92. The van der Waals surface area contributed by atoms with E-state index in [0.717, 1.165) is 12.1 Å². The molecule has 0 bridgehead atoms. The first kappa shape index (κ1) is 18.7. The molecular weight excluding hydrogens is 349 g/mol. The zero-order valence-electron chi connectivity index (χ0n) is 14.0. The number of methoxy groups -OCH3 is 1. The molecule has 0 radical (unpaired) electrons. The predicted octanol–water partition coefficient (Wildman–Crippen LogP) is 3.12. The van der Waals surface area contributed by atoms with E-state index in [9.17, 15) is 17.6 Å². The van der Waals surface area contributed by atoms with Crippen LogP contribution in [0.25, 0.3) is 0 Å². The highest BCUT2D eigenvalue weighted by Crippen LogP contribution is 2.28. The van der Waals surface area contributed by atoms with E-state index < -0.39 is 21.8 Å². The molecule has 0 heterocycles. The topological polar surface area (TPSA) is 81.7 Å². The summed E-state index contributed by atoms with van der Waals surface area (Å²) in [7, 11) is -2.83. The van der Waals surface area contributed by atoms with E-state index in [1.54, 1.807) is 13.8 Å². The summed E-state index contributed by atoms with van der Waals surface area (Å²) in [6.07, 6.45) is 0. The number of sulfonamides is 1. The van der Waals surface area contributed by atoms with Crippen molar-refractivity contribution in [1.82, 2.24) is 0 Å². The minimum Gasteiger partial charge on any atom is -0.495 e. The molecule has 0 saturated carbocycles. The fourth-order valence-electron chi connectivity index (χ4n) is 2.24. The molecule has 0 amide bonds. The van der Waals surface area contributed by atoms with Crippen molar-refractivity contribution >= 4 is 21.7 Å². The quantitative estimate of drug-likeness (QED) is 0.794. The normalized spacial score (nSPS) is 11.0. The Bertz CT molecular complexity index is 896. The minimum atomic E-state index is -4.12. The SMILES string of the molecule is CCOC(=O)c1cccc(NS(=O)(=O)c2cc(F)ccc2OC)c1C. The molecule has 0 spiro atoms. The van der Waals surface area contributed by atoms with Crippen molar-refractivity contribution < 1.29 is 27.1 Å². The maximum absolute atomic E-state index is 13.5. The van der Waals surface area contributed by atoms with Gasteiger partial charge in [0.25, 0.3) is 10.0 Å². The summed E-state index contributed by atoms with van der Waals surface area (Å²) in [5, 5.41) is 0. The molecular formula is C17H18FNO5S. The molecule has 0 aliphatic carbocycles. The van der Waals surface area contributed by atoms with E-state index in [4.69, 9.17) is 9.47 Å². The third-order valence-electron chi connectivity index (χ3n) is 3.49. The number of esters is 1. The number of hydrogen-bond donors (Lipinski definition) is 1. The van der Waals surface area contributed by atoms with Gasteiger partial charge in [-0.25, -0.2) is 17.6 Å². The number of benzene rings is 2. The Hall–Kier alpha value is -2.61. The van der Waals surface area contributed by atoms with E-state index in [2.05, 4.69) is 4.72 Å². The molecule has 0 aromatic heterocycles. The largest absolute Gasteiger partial charge is 0.495 e. The minimum absolute atomic E-state index is 0.00750. The zero-order valence-corrected chi connectivity index (χ0v) is 14.8. The average molecular weight is 367 g/mol. The van der Waals surface area contributed by atoms with Gasteiger partial charge in [0.2, 0.25) is 0 Å². The molecule has 2 aromatic carbocycles. The van der Waals surface area contributed by atoms with Crippen molar-refractivity contribution in [2.45, 2.75) is 18.7 Å². The van der Waals surface area contributed by atoms with E-state index >= 15 is 0 Å². The lowest BCUT2D eigenvalue weighted by atomic mass is 10.1. The first-order valence-electron chi connectivity index (χ1n) is 7.43. The first-order chi connectivity index (χ1) is 11.8. The van der Waals surface area contributed by atoms with Crippen LogP contribution in [0, 0.1) is 12.7 Å². The third kappa shape index (κ3) is 4.08. The van der Waals surface area contributed by atoms with Crippen LogP contribution < -0.4 is 9.46 Å². The van der Waals surface area contributed by atoms with Crippen molar-refractivity contribution in [1.29, 1.82) is 0 Å². The summed E-state index contributed by atoms with van der Waals surface area (Å²) in [5.41, 5.74) is 0.838. The van der Waals surface area contributed by atoms with Gasteiger partial charge in [-0.15, -0.1) is 0 Å². The Morgan fingerprint density at radius 3 is 2.60 bits per heavy atom. The molecule has 134 valence electrons. The second-order valence-electron chi connectivity index (χ2n) is 5.10. The summed E-state index contributed by atoms with van der Waals surface area (Å²) < 4.78 is 51.0. The summed E-state index contributed by atoms with van der Waals surface area (Å²) in [4.78, 5) is 11.6. The van der Waals surface area contributed by atoms with Crippen LogP contribution in [0.15, 0.2) is 41.3 Å². The zero-order chi connectivity index (χ0) is 18.6. The number of hydrogen-bond acceptors (Lipinski definition) is 5. The monoisotopic (exact) mass is 367 g/mol. The Kier molecular flexibility index (Phi) is 5.63. The molecule has 8 heteroatoms. The molecule has 0 aliphatic rings. The standard InChI is InChI=1S/C17H18FNO5S/c1-4-24-17(20)13-6-5-7-14(11(13)2)19-25(21,22)16-10-12(18)8-9-15(16)23-3/h5-10,19H,4H2,1-3H3. The molecule has 25 heavy (non-hydrogen) atoms. The Labute approximate surface area is 145 Å². The van der Waals surface area contributed by atoms with Gasteiger partial charge >= 0.3 is 5.97 Å². The lowest BCUT2D eigenvalue weighted by Crippen LogP contribution is -2.16. The molecule has 2 rings (SSSR count). The van der Waals surface area contributed by atoms with Gasteiger partial charge in [0.15, 0.2) is 0 Å². The van der Waals surface area contributed by atoms with Gasteiger partial charge in [-0.2, -0.15) is 0 Å². The first-order valence-corrected chi connectivity index (χ1v) is 8.91. The third-order valence-corrected chi connectivity index (χ3v) is 4.88. The number of nitrogens with one attached hydrogen (secondary N) is 1. The van der Waals surface area contributed by atoms with Crippen LogP contribution in [0.1, 0.15) is 22.8 Å². The maximum Gasteiger partial charge on any atom is 0.338 e. The van der Waals surface area contributed by atoms with E-state index in [0.29, 0.717) is 5.56 Å². The van der Waals surface area contributed by atoms with Crippen LogP contribution in [0.3, 0.4) is 0 Å². The van der Waals surface area contributed by atoms with Crippen molar-refractivity contribution in [2.24, 2.45) is 0 Å². The number of carbonyl (C=O) groups is 1. The summed E-state index contributed by atoms with van der Waals surface area (Å²) >= 11 is 0. The van der Waals surface area contributed by atoms with Gasteiger partial charge < -0.3 is 9.47 Å². The van der Waals surface area contributed by atoms with Crippen LogP contribution in [-0.4, -0.2) is 28.1 Å². The Balaban J connectivity index is 2.44. The van der Waals surface area contributed by atoms with Crippen molar-refractivity contribution in [2.75, 3.05) is 18.4 Å². The van der Waals surface area contributed by atoms with Crippen LogP contribution >= 0.6 is 0 Å². The smallest absolute Gasteiger partial charge is 0.338 e. The number of carbonyl (C=O) groups excluding carboxylic acids is 1.